The van der Waals surface area contributed by atoms with Crippen LogP contribution < -0.4 is 5.32 Å². The fraction of sp³-hybridized carbons (Fsp3) is 0.100. The second-order valence-corrected chi connectivity index (χ2v) is 5.96. The highest BCUT2D eigenvalue weighted by molar-refractivity contribution is 6.33. The quantitative estimate of drug-likeness (QED) is 0.661. The SMILES string of the molecule is COC(=O)c1ccccc1NC(=O)c1cc(-c2ccccc2Cl)oc1C. The van der Waals surface area contributed by atoms with Crippen molar-refractivity contribution in [2.24, 2.45) is 0 Å². The lowest BCUT2D eigenvalue weighted by molar-refractivity contribution is 0.0602. The molecule has 1 amide bonds. The summed E-state index contributed by atoms with van der Waals surface area (Å²) in [5.74, 6) is 0.0370. The summed E-state index contributed by atoms with van der Waals surface area (Å²) in [4.78, 5) is 24.5. The Labute approximate surface area is 155 Å². The van der Waals surface area contributed by atoms with Gasteiger partial charge < -0.3 is 14.5 Å². The predicted octanol–water partition coefficient (Wildman–Crippen LogP) is 4.95. The number of hydrogen-bond acceptors (Lipinski definition) is 4. The summed E-state index contributed by atoms with van der Waals surface area (Å²) >= 11 is 6.19. The first-order valence-corrected chi connectivity index (χ1v) is 8.23. The molecule has 3 rings (SSSR count). The van der Waals surface area contributed by atoms with Gasteiger partial charge in [0.15, 0.2) is 0 Å². The Morgan fingerprint density at radius 1 is 1.04 bits per heavy atom. The Kier molecular flexibility index (Phi) is 5.09. The van der Waals surface area contributed by atoms with Crippen LogP contribution in [0.4, 0.5) is 5.69 Å². The fourth-order valence-electron chi connectivity index (χ4n) is 2.57. The van der Waals surface area contributed by atoms with Crippen LogP contribution >= 0.6 is 11.6 Å². The number of furan rings is 1. The Balaban J connectivity index is 1.91. The molecule has 0 saturated carbocycles. The largest absolute Gasteiger partial charge is 0.465 e. The summed E-state index contributed by atoms with van der Waals surface area (Å²) in [5, 5.41) is 3.26. The molecule has 0 radical (unpaired) electrons. The molecule has 0 saturated heterocycles. The first-order chi connectivity index (χ1) is 12.5. The summed E-state index contributed by atoms with van der Waals surface area (Å²) < 4.78 is 10.4. The highest BCUT2D eigenvalue weighted by Gasteiger charge is 2.19. The molecule has 1 heterocycles. The molecule has 1 aromatic heterocycles. The van der Waals surface area contributed by atoms with Crippen molar-refractivity contribution in [2.45, 2.75) is 6.92 Å². The Bertz CT molecular complexity index is 977. The zero-order valence-electron chi connectivity index (χ0n) is 14.2. The lowest BCUT2D eigenvalue weighted by Gasteiger charge is -2.08. The maximum Gasteiger partial charge on any atom is 0.339 e. The molecular formula is C20H16ClNO4. The number of methoxy groups -OCH3 is 1. The molecule has 0 bridgehead atoms. The number of benzene rings is 2. The van der Waals surface area contributed by atoms with Crippen LogP contribution in [0.5, 0.6) is 0 Å². The molecule has 26 heavy (non-hydrogen) atoms. The van der Waals surface area contributed by atoms with Gasteiger partial charge in [0.2, 0.25) is 0 Å². The zero-order chi connectivity index (χ0) is 18.7. The van der Waals surface area contributed by atoms with Crippen LogP contribution in [-0.4, -0.2) is 19.0 Å². The van der Waals surface area contributed by atoms with Gasteiger partial charge in [0.1, 0.15) is 11.5 Å². The van der Waals surface area contributed by atoms with Crippen LogP contribution in [0.25, 0.3) is 11.3 Å². The highest BCUT2D eigenvalue weighted by Crippen LogP contribution is 2.31. The average molecular weight is 370 g/mol. The summed E-state index contributed by atoms with van der Waals surface area (Å²) in [6.45, 7) is 1.70. The molecule has 6 heteroatoms. The van der Waals surface area contributed by atoms with Crippen LogP contribution in [0.15, 0.2) is 59.0 Å². The van der Waals surface area contributed by atoms with E-state index in [9.17, 15) is 9.59 Å². The number of nitrogens with one attached hydrogen (secondary N) is 1. The Morgan fingerprint density at radius 2 is 1.73 bits per heavy atom. The number of ether oxygens (including phenoxy) is 1. The monoisotopic (exact) mass is 369 g/mol. The lowest BCUT2D eigenvalue weighted by atomic mass is 10.1. The third kappa shape index (κ3) is 3.48. The number of esters is 1. The van der Waals surface area contributed by atoms with Gasteiger partial charge in [0.25, 0.3) is 5.91 Å². The van der Waals surface area contributed by atoms with Crippen LogP contribution in [0.3, 0.4) is 0 Å². The number of anilines is 1. The van der Waals surface area contributed by atoms with Crippen molar-refractivity contribution in [3.8, 4) is 11.3 Å². The predicted molar refractivity (Wildman–Crippen MR) is 99.6 cm³/mol. The van der Waals surface area contributed by atoms with E-state index in [1.54, 1.807) is 43.3 Å². The minimum absolute atomic E-state index is 0.274. The van der Waals surface area contributed by atoms with E-state index in [0.29, 0.717) is 33.4 Å². The van der Waals surface area contributed by atoms with Crippen molar-refractivity contribution in [2.75, 3.05) is 12.4 Å². The van der Waals surface area contributed by atoms with Gasteiger partial charge in [-0.15, -0.1) is 0 Å². The first-order valence-electron chi connectivity index (χ1n) is 7.85. The van der Waals surface area contributed by atoms with E-state index in [1.807, 2.05) is 18.2 Å². The number of carbonyl (C=O) groups excluding carboxylic acids is 2. The summed E-state index contributed by atoms with van der Waals surface area (Å²) in [6, 6.07) is 15.5. The van der Waals surface area contributed by atoms with E-state index in [4.69, 9.17) is 20.8 Å². The van der Waals surface area contributed by atoms with E-state index in [2.05, 4.69) is 5.32 Å². The minimum atomic E-state index is -0.526. The van der Waals surface area contributed by atoms with Gasteiger partial charge in [-0.05, 0) is 37.3 Å². The van der Waals surface area contributed by atoms with Crippen molar-refractivity contribution >= 4 is 29.2 Å². The standard InChI is InChI=1S/C20H16ClNO4/c1-12-15(11-18(26-12)13-7-3-5-9-16(13)21)19(23)22-17-10-6-4-8-14(17)20(24)25-2/h3-11H,1-2H3,(H,22,23). The molecule has 3 aromatic rings. The van der Waals surface area contributed by atoms with E-state index in [1.165, 1.54) is 7.11 Å². The molecule has 0 atom stereocenters. The van der Waals surface area contributed by atoms with Gasteiger partial charge in [-0.25, -0.2) is 4.79 Å². The van der Waals surface area contributed by atoms with Crippen LogP contribution in [-0.2, 0) is 4.74 Å². The molecule has 0 spiro atoms. The van der Waals surface area contributed by atoms with Crippen LogP contribution in [0.1, 0.15) is 26.5 Å². The minimum Gasteiger partial charge on any atom is -0.465 e. The smallest absolute Gasteiger partial charge is 0.339 e. The molecule has 0 unspecified atom stereocenters. The van der Waals surface area contributed by atoms with E-state index in [0.717, 1.165) is 0 Å². The topological polar surface area (TPSA) is 68.5 Å². The first kappa shape index (κ1) is 17.8. The average Bonchev–Trinajstić information content (AvgIpc) is 3.03. The molecule has 0 aliphatic rings. The number of hydrogen-bond donors (Lipinski definition) is 1. The number of halogens is 1. The zero-order valence-corrected chi connectivity index (χ0v) is 15.0. The van der Waals surface area contributed by atoms with Gasteiger partial charge >= 0.3 is 5.97 Å². The number of rotatable bonds is 4. The molecule has 1 N–H and O–H groups in total. The molecular weight excluding hydrogens is 354 g/mol. The van der Waals surface area contributed by atoms with Crippen LogP contribution in [0.2, 0.25) is 5.02 Å². The van der Waals surface area contributed by atoms with Crippen molar-refractivity contribution in [3.05, 3.63) is 76.5 Å². The molecule has 5 nitrogen and oxygen atoms in total. The number of amides is 1. The number of para-hydroxylation sites is 1. The number of aryl methyl sites for hydroxylation is 1. The molecule has 2 aromatic carbocycles. The van der Waals surface area contributed by atoms with Gasteiger partial charge in [-0.3, -0.25) is 4.79 Å². The third-order valence-electron chi connectivity index (χ3n) is 3.88. The summed E-state index contributed by atoms with van der Waals surface area (Å²) in [7, 11) is 1.29. The third-order valence-corrected chi connectivity index (χ3v) is 4.21. The van der Waals surface area contributed by atoms with Gasteiger partial charge in [-0.1, -0.05) is 35.9 Å². The molecule has 0 fully saturated rings. The molecule has 132 valence electrons. The van der Waals surface area contributed by atoms with Crippen molar-refractivity contribution in [1.82, 2.24) is 0 Å². The van der Waals surface area contributed by atoms with E-state index < -0.39 is 5.97 Å². The van der Waals surface area contributed by atoms with E-state index >= 15 is 0 Å². The van der Waals surface area contributed by atoms with Gasteiger partial charge in [0.05, 0.1) is 28.9 Å². The summed E-state index contributed by atoms with van der Waals surface area (Å²) in [5.41, 5.74) is 1.70. The van der Waals surface area contributed by atoms with Crippen LogP contribution in [0, 0.1) is 6.92 Å². The second-order valence-electron chi connectivity index (χ2n) is 5.55. The second kappa shape index (κ2) is 7.45. The Morgan fingerprint density at radius 3 is 2.46 bits per heavy atom. The van der Waals surface area contributed by atoms with Crippen molar-refractivity contribution in [1.29, 1.82) is 0 Å². The maximum absolute atomic E-state index is 12.7. The fourth-order valence-corrected chi connectivity index (χ4v) is 2.80. The number of carbonyl (C=O) groups is 2. The summed E-state index contributed by atoms with van der Waals surface area (Å²) in [6.07, 6.45) is 0. The van der Waals surface area contributed by atoms with Gasteiger partial charge in [-0.2, -0.15) is 0 Å². The van der Waals surface area contributed by atoms with E-state index in [-0.39, 0.29) is 11.5 Å². The Hall–Kier alpha value is -3.05. The molecule has 0 aliphatic heterocycles. The molecule has 0 aliphatic carbocycles. The van der Waals surface area contributed by atoms with Crippen molar-refractivity contribution < 1.29 is 18.7 Å². The van der Waals surface area contributed by atoms with Crippen molar-refractivity contribution in [3.63, 3.8) is 0 Å². The highest BCUT2D eigenvalue weighted by atomic mass is 35.5. The van der Waals surface area contributed by atoms with Gasteiger partial charge in [0, 0.05) is 5.56 Å². The maximum atomic E-state index is 12.7. The lowest BCUT2D eigenvalue weighted by Crippen LogP contribution is -2.15. The normalized spacial score (nSPS) is 10.4.